The van der Waals surface area contributed by atoms with Crippen molar-refractivity contribution < 1.29 is 4.79 Å². The lowest BCUT2D eigenvalue weighted by Gasteiger charge is -2.25. The molecule has 0 N–H and O–H groups in total. The Morgan fingerprint density at radius 1 is 1.13 bits per heavy atom. The lowest BCUT2D eigenvalue weighted by atomic mass is 10.1. The fourth-order valence-electron chi connectivity index (χ4n) is 3.97. The number of amides is 1. The molecule has 150 valence electrons. The highest BCUT2D eigenvalue weighted by Crippen LogP contribution is 2.23. The van der Waals surface area contributed by atoms with Crippen molar-refractivity contribution in [2.24, 2.45) is 0 Å². The number of likely N-dealkylation sites (tertiary alicyclic amines) is 1. The molecule has 0 radical (unpaired) electrons. The lowest BCUT2D eigenvalue weighted by molar-refractivity contribution is 0.0720. The molecule has 3 aromatic heterocycles. The molecule has 1 aliphatic heterocycles. The number of hydrogen-bond donors (Lipinski definition) is 0. The van der Waals surface area contributed by atoms with Gasteiger partial charge in [-0.1, -0.05) is 6.07 Å². The molecule has 0 aliphatic carbocycles. The van der Waals surface area contributed by atoms with Gasteiger partial charge >= 0.3 is 0 Å². The quantitative estimate of drug-likeness (QED) is 0.525. The molecule has 1 amide bonds. The van der Waals surface area contributed by atoms with Crippen LogP contribution in [-0.4, -0.2) is 47.7 Å². The molecule has 1 fully saturated rings. The van der Waals surface area contributed by atoms with Crippen molar-refractivity contribution in [2.45, 2.75) is 25.4 Å². The van der Waals surface area contributed by atoms with Gasteiger partial charge in [-0.25, -0.2) is 9.67 Å². The summed E-state index contributed by atoms with van der Waals surface area (Å²) in [6.07, 6.45) is 8.55. The maximum atomic E-state index is 13.2. The Bertz CT molecular complexity index is 1260. The molecule has 5 rings (SSSR count). The van der Waals surface area contributed by atoms with Crippen LogP contribution in [0, 0.1) is 0 Å². The standard InChI is InChI=1S/C22H20N6O2/c29-21-8-7-20(26-12-10-23-15-26)25-28(21)14-18-4-2-11-27(18)22(30)17-5-6-19-16(13-17)3-1-9-24-19/h1,3,5-10,12-13,15,18H,2,4,11,14H2. The minimum Gasteiger partial charge on any atom is -0.334 e. The summed E-state index contributed by atoms with van der Waals surface area (Å²) in [5.74, 6) is 0.590. The third kappa shape index (κ3) is 3.36. The minimum atomic E-state index is -0.185. The molecular formula is C22H20N6O2. The summed E-state index contributed by atoms with van der Waals surface area (Å²) in [5, 5.41) is 5.40. The van der Waals surface area contributed by atoms with Gasteiger partial charge in [-0.2, -0.15) is 5.10 Å². The zero-order chi connectivity index (χ0) is 20.5. The number of carbonyl (C=O) groups excluding carboxylic acids is 1. The zero-order valence-corrected chi connectivity index (χ0v) is 16.3. The van der Waals surface area contributed by atoms with E-state index in [2.05, 4.69) is 15.1 Å². The van der Waals surface area contributed by atoms with Crippen LogP contribution in [-0.2, 0) is 6.54 Å². The Kier molecular flexibility index (Phi) is 4.59. The topological polar surface area (TPSA) is 85.9 Å². The van der Waals surface area contributed by atoms with Gasteiger partial charge in [0.1, 0.15) is 6.33 Å². The van der Waals surface area contributed by atoms with Crippen molar-refractivity contribution in [3.05, 3.63) is 83.3 Å². The smallest absolute Gasteiger partial charge is 0.266 e. The summed E-state index contributed by atoms with van der Waals surface area (Å²) in [6, 6.07) is 12.5. The van der Waals surface area contributed by atoms with Gasteiger partial charge in [0, 0.05) is 42.2 Å². The number of aromatic nitrogens is 5. The summed E-state index contributed by atoms with van der Waals surface area (Å²) >= 11 is 0. The molecule has 8 heteroatoms. The predicted molar refractivity (Wildman–Crippen MR) is 111 cm³/mol. The van der Waals surface area contributed by atoms with Crippen LogP contribution in [0.1, 0.15) is 23.2 Å². The zero-order valence-electron chi connectivity index (χ0n) is 16.3. The Balaban J connectivity index is 1.40. The lowest BCUT2D eigenvalue weighted by Crippen LogP contribution is -2.40. The van der Waals surface area contributed by atoms with Crippen LogP contribution in [0.2, 0.25) is 0 Å². The van der Waals surface area contributed by atoms with Gasteiger partial charge in [0.05, 0.1) is 18.1 Å². The maximum absolute atomic E-state index is 13.2. The molecule has 30 heavy (non-hydrogen) atoms. The van der Waals surface area contributed by atoms with Gasteiger partial charge in [-0.3, -0.25) is 19.1 Å². The first-order chi connectivity index (χ1) is 14.7. The van der Waals surface area contributed by atoms with Crippen LogP contribution in [0.25, 0.3) is 16.7 Å². The molecule has 0 saturated carbocycles. The Morgan fingerprint density at radius 2 is 2.07 bits per heavy atom. The molecule has 8 nitrogen and oxygen atoms in total. The summed E-state index contributed by atoms with van der Waals surface area (Å²) in [6.45, 7) is 1.03. The van der Waals surface area contributed by atoms with Crippen molar-refractivity contribution in [2.75, 3.05) is 6.54 Å². The van der Waals surface area contributed by atoms with Crippen LogP contribution in [0.4, 0.5) is 0 Å². The summed E-state index contributed by atoms with van der Waals surface area (Å²) in [7, 11) is 0. The average molecular weight is 400 g/mol. The predicted octanol–water partition coefficient (Wildman–Crippen LogP) is 2.28. The number of nitrogens with zero attached hydrogens (tertiary/aromatic N) is 6. The van der Waals surface area contributed by atoms with E-state index in [1.807, 2.05) is 35.2 Å². The second kappa shape index (κ2) is 7.55. The van der Waals surface area contributed by atoms with Crippen molar-refractivity contribution >= 4 is 16.8 Å². The van der Waals surface area contributed by atoms with E-state index in [1.54, 1.807) is 35.6 Å². The molecule has 1 unspecified atom stereocenters. The number of benzene rings is 1. The van der Waals surface area contributed by atoms with Crippen molar-refractivity contribution in [3.63, 3.8) is 0 Å². The largest absolute Gasteiger partial charge is 0.334 e. The third-order valence-electron chi connectivity index (χ3n) is 5.49. The SMILES string of the molecule is O=C(c1ccc2ncccc2c1)N1CCCC1Cn1nc(-n2ccnc2)ccc1=O. The second-order valence-electron chi connectivity index (χ2n) is 7.39. The molecule has 1 aliphatic rings. The van der Waals surface area contributed by atoms with E-state index in [1.165, 1.54) is 10.7 Å². The molecule has 1 atom stereocenters. The van der Waals surface area contributed by atoms with Gasteiger partial charge in [0.15, 0.2) is 5.82 Å². The van der Waals surface area contributed by atoms with Gasteiger partial charge in [-0.05, 0) is 43.2 Å². The van der Waals surface area contributed by atoms with Crippen LogP contribution in [0.5, 0.6) is 0 Å². The van der Waals surface area contributed by atoms with E-state index < -0.39 is 0 Å². The molecule has 1 aromatic carbocycles. The van der Waals surface area contributed by atoms with Gasteiger partial charge < -0.3 is 4.90 Å². The Labute approximate surface area is 172 Å². The number of hydrogen-bond acceptors (Lipinski definition) is 5. The van der Waals surface area contributed by atoms with Crippen LogP contribution in [0.3, 0.4) is 0 Å². The van der Waals surface area contributed by atoms with E-state index in [0.717, 1.165) is 23.7 Å². The third-order valence-corrected chi connectivity index (χ3v) is 5.49. The van der Waals surface area contributed by atoms with E-state index in [9.17, 15) is 9.59 Å². The number of carbonyl (C=O) groups is 1. The second-order valence-corrected chi connectivity index (χ2v) is 7.39. The monoisotopic (exact) mass is 400 g/mol. The van der Waals surface area contributed by atoms with Crippen LogP contribution < -0.4 is 5.56 Å². The molecule has 4 aromatic rings. The number of fused-ring (bicyclic) bond motifs is 1. The van der Waals surface area contributed by atoms with Crippen LogP contribution >= 0.6 is 0 Å². The van der Waals surface area contributed by atoms with Gasteiger partial charge in [0.2, 0.25) is 0 Å². The first-order valence-corrected chi connectivity index (χ1v) is 9.91. The highest BCUT2D eigenvalue weighted by atomic mass is 16.2. The van der Waals surface area contributed by atoms with Crippen molar-refractivity contribution in [1.82, 2.24) is 29.2 Å². The fraction of sp³-hybridized carbons (Fsp3) is 0.227. The molecule has 0 bridgehead atoms. The highest BCUT2D eigenvalue weighted by molar-refractivity contribution is 5.98. The normalized spacial score (nSPS) is 16.3. The Morgan fingerprint density at radius 3 is 2.93 bits per heavy atom. The fourth-order valence-corrected chi connectivity index (χ4v) is 3.97. The molecule has 0 spiro atoms. The van der Waals surface area contributed by atoms with Gasteiger partial charge in [0.25, 0.3) is 11.5 Å². The first-order valence-electron chi connectivity index (χ1n) is 9.91. The van der Waals surface area contributed by atoms with Crippen molar-refractivity contribution in [3.8, 4) is 5.82 Å². The number of pyridine rings is 1. The van der Waals surface area contributed by atoms with E-state index in [4.69, 9.17) is 0 Å². The van der Waals surface area contributed by atoms with Crippen molar-refractivity contribution in [1.29, 1.82) is 0 Å². The average Bonchev–Trinajstić information content (AvgIpc) is 3.47. The van der Waals surface area contributed by atoms with Gasteiger partial charge in [-0.15, -0.1) is 0 Å². The summed E-state index contributed by atoms with van der Waals surface area (Å²) in [4.78, 5) is 35.8. The minimum absolute atomic E-state index is 0.0259. The summed E-state index contributed by atoms with van der Waals surface area (Å²) in [5.41, 5.74) is 1.31. The molecular weight excluding hydrogens is 380 g/mol. The number of imidazole rings is 1. The summed E-state index contributed by atoms with van der Waals surface area (Å²) < 4.78 is 3.19. The maximum Gasteiger partial charge on any atom is 0.266 e. The van der Waals surface area contributed by atoms with E-state index in [-0.39, 0.29) is 17.5 Å². The van der Waals surface area contributed by atoms with E-state index in [0.29, 0.717) is 24.5 Å². The number of rotatable bonds is 4. The Hall–Kier alpha value is -3.81. The van der Waals surface area contributed by atoms with Crippen LogP contribution in [0.15, 0.2) is 72.2 Å². The highest BCUT2D eigenvalue weighted by Gasteiger charge is 2.30. The first kappa shape index (κ1) is 18.2. The molecule has 1 saturated heterocycles. The molecule has 4 heterocycles. The van der Waals surface area contributed by atoms with E-state index >= 15 is 0 Å².